The molecule has 1 heterocycles. The Balaban J connectivity index is 2.14. The first kappa shape index (κ1) is 13.2. The van der Waals surface area contributed by atoms with Crippen molar-refractivity contribution >= 4 is 5.82 Å². The van der Waals surface area contributed by atoms with Gasteiger partial charge in [-0.05, 0) is 6.07 Å². The van der Waals surface area contributed by atoms with Crippen LogP contribution in [-0.2, 0) is 6.18 Å². The lowest BCUT2D eigenvalue weighted by molar-refractivity contribution is -0.155. The zero-order valence-corrected chi connectivity index (χ0v) is 9.35. The quantitative estimate of drug-likeness (QED) is 0.749. The Morgan fingerprint density at radius 3 is 2.53 bits per heavy atom. The molecule has 0 amide bonds. The number of aromatic hydroxyl groups is 1. The van der Waals surface area contributed by atoms with Crippen molar-refractivity contribution in [3.8, 4) is 5.75 Å². The van der Waals surface area contributed by atoms with Crippen molar-refractivity contribution in [2.45, 2.75) is 12.4 Å². The summed E-state index contributed by atoms with van der Waals surface area (Å²) in [6.07, 6.45) is -6.06. The maximum atomic E-state index is 12.3. The molecule has 0 saturated heterocycles. The molecular weight excluding hydrogens is 265 g/mol. The lowest BCUT2D eigenvalue weighted by atomic mass is 10.2. The van der Waals surface area contributed by atoms with Crippen molar-refractivity contribution in [1.82, 2.24) is 5.16 Å². The Morgan fingerprint density at radius 1 is 1.26 bits per heavy atom. The first-order valence-electron chi connectivity index (χ1n) is 5.14. The van der Waals surface area contributed by atoms with Gasteiger partial charge >= 0.3 is 6.18 Å². The summed E-state index contributed by atoms with van der Waals surface area (Å²) in [6.45, 7) is 0. The minimum absolute atomic E-state index is 0.110. The summed E-state index contributed by atoms with van der Waals surface area (Å²) in [4.78, 5) is 0. The molecule has 1 aromatic heterocycles. The first-order valence-corrected chi connectivity index (χ1v) is 5.14. The smallest absolute Gasteiger partial charge is 0.452 e. The molecule has 102 valence electrons. The van der Waals surface area contributed by atoms with E-state index in [9.17, 15) is 23.4 Å². The number of hydrogen-bond acceptors (Lipinski definition) is 5. The number of phenolic OH excluding ortho intramolecular Hbond substituents is 1. The van der Waals surface area contributed by atoms with Crippen molar-refractivity contribution < 1.29 is 27.9 Å². The number of aliphatic hydroxyl groups is 1. The number of alkyl halides is 3. The highest BCUT2D eigenvalue weighted by atomic mass is 19.4. The van der Waals surface area contributed by atoms with Gasteiger partial charge in [0.2, 0.25) is 5.76 Å². The van der Waals surface area contributed by atoms with Gasteiger partial charge in [-0.25, -0.2) is 0 Å². The van der Waals surface area contributed by atoms with E-state index in [-0.39, 0.29) is 17.1 Å². The fraction of sp³-hybridized carbons (Fsp3) is 0.182. The van der Waals surface area contributed by atoms with E-state index in [2.05, 4.69) is 15.0 Å². The third-order valence-electron chi connectivity index (χ3n) is 2.31. The van der Waals surface area contributed by atoms with E-state index < -0.39 is 18.2 Å². The molecule has 0 fully saturated rings. The summed E-state index contributed by atoms with van der Waals surface area (Å²) in [6, 6.07) is 6.47. The Bertz CT molecular complexity index is 568. The molecular formula is C11H9F3N2O3. The van der Waals surface area contributed by atoms with Gasteiger partial charge in [0.1, 0.15) is 5.75 Å². The predicted octanol–water partition coefficient (Wildman–Crippen LogP) is 2.50. The van der Waals surface area contributed by atoms with Crippen LogP contribution in [-0.4, -0.2) is 15.4 Å². The van der Waals surface area contributed by atoms with Gasteiger partial charge < -0.3 is 20.1 Å². The van der Waals surface area contributed by atoms with Crippen molar-refractivity contribution in [2.75, 3.05) is 5.32 Å². The number of nitrogens with one attached hydrogen (secondary N) is 1. The molecule has 1 aromatic carbocycles. The Hall–Kier alpha value is -2.22. The molecule has 8 heteroatoms. The molecule has 0 bridgehead atoms. The second-order valence-electron chi connectivity index (χ2n) is 3.68. The molecule has 3 N–H and O–H groups in total. The van der Waals surface area contributed by atoms with Gasteiger partial charge in [0.05, 0.1) is 0 Å². The minimum atomic E-state index is -4.65. The molecule has 0 spiro atoms. The van der Waals surface area contributed by atoms with Crippen LogP contribution < -0.4 is 5.32 Å². The molecule has 5 nitrogen and oxygen atoms in total. The fourth-order valence-corrected chi connectivity index (χ4v) is 1.41. The van der Waals surface area contributed by atoms with Crippen molar-refractivity contribution in [3.05, 3.63) is 41.7 Å². The van der Waals surface area contributed by atoms with Crippen LogP contribution in [0.25, 0.3) is 0 Å². The van der Waals surface area contributed by atoms with Crippen molar-refractivity contribution in [2.24, 2.45) is 0 Å². The highest BCUT2D eigenvalue weighted by Crippen LogP contribution is 2.32. The SMILES string of the molecule is Oc1ccccc1C(O)Nc1cc(C(F)(F)F)on1. The summed E-state index contributed by atoms with van der Waals surface area (Å²) in [5.74, 6) is -1.76. The highest BCUT2D eigenvalue weighted by molar-refractivity contribution is 5.41. The molecule has 0 radical (unpaired) electrons. The van der Waals surface area contributed by atoms with Crippen LogP contribution in [0.1, 0.15) is 17.6 Å². The second kappa shape index (κ2) is 4.81. The third-order valence-corrected chi connectivity index (χ3v) is 2.31. The van der Waals surface area contributed by atoms with Crippen LogP contribution in [0.2, 0.25) is 0 Å². The van der Waals surface area contributed by atoms with E-state index in [4.69, 9.17) is 0 Å². The second-order valence-corrected chi connectivity index (χ2v) is 3.68. The van der Waals surface area contributed by atoms with Crippen LogP contribution in [0, 0.1) is 0 Å². The summed E-state index contributed by atoms with van der Waals surface area (Å²) in [5, 5.41) is 24.6. The van der Waals surface area contributed by atoms with Crippen molar-refractivity contribution in [3.63, 3.8) is 0 Å². The van der Waals surface area contributed by atoms with Gasteiger partial charge in [-0.1, -0.05) is 23.4 Å². The minimum Gasteiger partial charge on any atom is -0.507 e. The van der Waals surface area contributed by atoms with Gasteiger partial charge in [-0.15, -0.1) is 0 Å². The number of nitrogens with zero attached hydrogens (tertiary/aromatic N) is 1. The number of hydrogen-bond donors (Lipinski definition) is 3. The van der Waals surface area contributed by atoms with E-state index in [1.807, 2.05) is 0 Å². The highest BCUT2D eigenvalue weighted by Gasteiger charge is 2.36. The van der Waals surface area contributed by atoms with E-state index >= 15 is 0 Å². The molecule has 19 heavy (non-hydrogen) atoms. The zero-order chi connectivity index (χ0) is 14.0. The molecule has 0 saturated carbocycles. The van der Waals surface area contributed by atoms with Crippen LogP contribution in [0.3, 0.4) is 0 Å². The lowest BCUT2D eigenvalue weighted by Crippen LogP contribution is -2.10. The van der Waals surface area contributed by atoms with Crippen LogP contribution in [0.4, 0.5) is 19.0 Å². The number of para-hydroxylation sites is 1. The summed E-state index contributed by atoms with van der Waals surface area (Å²) in [5.41, 5.74) is 0.110. The molecule has 1 atom stereocenters. The van der Waals surface area contributed by atoms with Crippen molar-refractivity contribution in [1.29, 1.82) is 0 Å². The summed E-state index contributed by atoms with van der Waals surface area (Å²) < 4.78 is 40.9. The van der Waals surface area contributed by atoms with Gasteiger partial charge in [0.15, 0.2) is 12.0 Å². The topological polar surface area (TPSA) is 78.5 Å². The number of aliphatic hydroxyl groups excluding tert-OH is 1. The monoisotopic (exact) mass is 274 g/mol. The summed E-state index contributed by atoms with van der Waals surface area (Å²) in [7, 11) is 0. The number of halogens is 3. The maximum absolute atomic E-state index is 12.3. The average molecular weight is 274 g/mol. The number of aromatic nitrogens is 1. The van der Waals surface area contributed by atoms with Gasteiger partial charge in [-0.2, -0.15) is 13.2 Å². The first-order chi connectivity index (χ1) is 8.88. The van der Waals surface area contributed by atoms with E-state index in [0.717, 1.165) is 0 Å². The average Bonchev–Trinajstić information content (AvgIpc) is 2.77. The predicted molar refractivity (Wildman–Crippen MR) is 58.2 cm³/mol. The standard InChI is InChI=1S/C11H9F3N2O3/c12-11(13,14)8-5-9(16-19-8)15-10(18)6-3-1-2-4-7(6)17/h1-5,10,17-18H,(H,15,16). The maximum Gasteiger partial charge on any atom is 0.452 e. The number of phenols is 1. The van der Waals surface area contributed by atoms with Gasteiger partial charge in [0.25, 0.3) is 0 Å². The third kappa shape index (κ3) is 2.97. The number of benzene rings is 1. The van der Waals surface area contributed by atoms with E-state index in [1.165, 1.54) is 12.1 Å². The zero-order valence-electron chi connectivity index (χ0n) is 9.35. The molecule has 2 rings (SSSR count). The van der Waals surface area contributed by atoms with E-state index in [0.29, 0.717) is 6.07 Å². The summed E-state index contributed by atoms with van der Waals surface area (Å²) >= 11 is 0. The number of rotatable bonds is 3. The Kier molecular flexibility index (Phi) is 3.34. The van der Waals surface area contributed by atoms with Crippen LogP contribution in [0.15, 0.2) is 34.9 Å². The molecule has 0 aliphatic rings. The van der Waals surface area contributed by atoms with E-state index in [1.54, 1.807) is 12.1 Å². The normalized spacial score (nSPS) is 13.3. The Labute approximate surface area is 105 Å². The lowest BCUT2D eigenvalue weighted by Gasteiger charge is -2.12. The van der Waals surface area contributed by atoms with Gasteiger partial charge in [0, 0.05) is 11.6 Å². The van der Waals surface area contributed by atoms with Crippen LogP contribution >= 0.6 is 0 Å². The molecule has 0 aliphatic carbocycles. The fourth-order valence-electron chi connectivity index (χ4n) is 1.41. The Morgan fingerprint density at radius 2 is 1.95 bits per heavy atom. The van der Waals surface area contributed by atoms with Crippen LogP contribution in [0.5, 0.6) is 5.75 Å². The molecule has 2 aromatic rings. The largest absolute Gasteiger partial charge is 0.507 e. The van der Waals surface area contributed by atoms with Gasteiger partial charge in [-0.3, -0.25) is 0 Å². The molecule has 1 unspecified atom stereocenters. The number of anilines is 1. The molecule has 0 aliphatic heterocycles.